The number of fused-ring (bicyclic) bond motifs is 1. The van der Waals surface area contributed by atoms with Gasteiger partial charge in [0, 0.05) is 17.6 Å². The summed E-state index contributed by atoms with van der Waals surface area (Å²) in [6, 6.07) is 15.9. The molecule has 0 spiro atoms. The molecule has 8 heteroatoms. The van der Waals surface area contributed by atoms with Crippen LogP contribution < -0.4 is 25.8 Å². The summed E-state index contributed by atoms with van der Waals surface area (Å²) in [5, 5.41) is 7.65. The van der Waals surface area contributed by atoms with Crippen molar-refractivity contribution in [2.75, 3.05) is 37.1 Å². The van der Waals surface area contributed by atoms with Gasteiger partial charge in [-0.05, 0) is 43.2 Å². The molecule has 0 aliphatic carbocycles. The molecule has 0 unspecified atom stereocenters. The Morgan fingerprint density at radius 2 is 1.75 bits per heavy atom. The molecule has 8 nitrogen and oxygen atoms in total. The average molecular weight is 431 g/mol. The SMILES string of the molecule is COc1ccc(CCNc2ncnc(Nc3cccc4ccc(C)nc34)c2N)cc1OC. The molecule has 0 atom stereocenters. The number of benzene rings is 2. The van der Waals surface area contributed by atoms with Gasteiger partial charge in [0.15, 0.2) is 23.1 Å². The summed E-state index contributed by atoms with van der Waals surface area (Å²) in [6.45, 7) is 2.61. The van der Waals surface area contributed by atoms with E-state index in [-0.39, 0.29) is 0 Å². The zero-order chi connectivity index (χ0) is 22.5. The largest absolute Gasteiger partial charge is 0.493 e. The van der Waals surface area contributed by atoms with Crippen molar-refractivity contribution in [2.24, 2.45) is 0 Å². The number of methoxy groups -OCH3 is 2. The quantitative estimate of drug-likeness (QED) is 0.379. The number of hydrogen-bond acceptors (Lipinski definition) is 8. The molecule has 0 radical (unpaired) electrons. The van der Waals surface area contributed by atoms with E-state index in [0.29, 0.717) is 35.4 Å². The standard InChI is InChI=1S/C24H26N6O2/c1-15-7-9-17-5-4-6-18(22(17)29-15)30-24-21(25)23(27-14-28-24)26-12-11-16-8-10-19(31-2)20(13-16)32-3/h4-10,13-14H,11-12,25H2,1-3H3,(H2,26,27,28,30). The average Bonchev–Trinajstić information content (AvgIpc) is 2.81. The number of hydrogen-bond donors (Lipinski definition) is 3. The van der Waals surface area contributed by atoms with Gasteiger partial charge in [-0.15, -0.1) is 0 Å². The highest BCUT2D eigenvalue weighted by molar-refractivity contribution is 5.93. The van der Waals surface area contributed by atoms with Crippen LogP contribution in [-0.2, 0) is 6.42 Å². The van der Waals surface area contributed by atoms with Crippen LogP contribution in [0, 0.1) is 6.92 Å². The molecule has 2 aromatic heterocycles. The Morgan fingerprint density at radius 3 is 2.56 bits per heavy atom. The van der Waals surface area contributed by atoms with E-state index in [1.54, 1.807) is 14.2 Å². The highest BCUT2D eigenvalue weighted by atomic mass is 16.5. The summed E-state index contributed by atoms with van der Waals surface area (Å²) in [4.78, 5) is 13.3. The van der Waals surface area contributed by atoms with E-state index >= 15 is 0 Å². The van der Waals surface area contributed by atoms with Gasteiger partial charge in [0.25, 0.3) is 0 Å². The molecule has 0 aliphatic heterocycles. The smallest absolute Gasteiger partial charge is 0.160 e. The van der Waals surface area contributed by atoms with Crippen LogP contribution in [0.15, 0.2) is 54.9 Å². The summed E-state index contributed by atoms with van der Waals surface area (Å²) in [5.74, 6) is 2.52. The first-order valence-corrected chi connectivity index (χ1v) is 10.3. The van der Waals surface area contributed by atoms with E-state index in [1.807, 2.05) is 55.5 Å². The van der Waals surface area contributed by atoms with Gasteiger partial charge in [0.2, 0.25) is 0 Å². The molecule has 0 bridgehead atoms. The Labute approximate surface area is 186 Å². The number of nitrogen functional groups attached to an aromatic ring is 1. The molecule has 2 heterocycles. The molecule has 4 rings (SSSR count). The minimum atomic E-state index is 0.449. The van der Waals surface area contributed by atoms with Gasteiger partial charge in [0.05, 0.1) is 25.4 Å². The van der Waals surface area contributed by atoms with Crippen LogP contribution in [-0.4, -0.2) is 35.7 Å². The van der Waals surface area contributed by atoms with E-state index < -0.39 is 0 Å². The lowest BCUT2D eigenvalue weighted by Gasteiger charge is -2.14. The molecule has 0 saturated carbocycles. The molecule has 0 aliphatic rings. The fourth-order valence-corrected chi connectivity index (χ4v) is 3.47. The number of para-hydroxylation sites is 1. The first-order chi connectivity index (χ1) is 15.6. The van der Waals surface area contributed by atoms with E-state index in [9.17, 15) is 0 Å². The summed E-state index contributed by atoms with van der Waals surface area (Å²) in [6.07, 6.45) is 2.25. The molecule has 0 fully saturated rings. The molecule has 164 valence electrons. The number of aryl methyl sites for hydroxylation is 1. The molecular formula is C24H26N6O2. The minimum Gasteiger partial charge on any atom is -0.493 e. The van der Waals surface area contributed by atoms with E-state index in [1.165, 1.54) is 6.33 Å². The number of nitrogens with zero attached hydrogens (tertiary/aromatic N) is 3. The van der Waals surface area contributed by atoms with Crippen molar-refractivity contribution in [2.45, 2.75) is 13.3 Å². The topological polar surface area (TPSA) is 107 Å². The van der Waals surface area contributed by atoms with Crippen LogP contribution in [0.4, 0.5) is 23.0 Å². The zero-order valence-corrected chi connectivity index (χ0v) is 18.3. The summed E-state index contributed by atoms with van der Waals surface area (Å²) < 4.78 is 10.7. The van der Waals surface area contributed by atoms with Crippen LogP contribution in [0.25, 0.3) is 10.9 Å². The predicted molar refractivity (Wildman–Crippen MR) is 128 cm³/mol. The Hall–Kier alpha value is -4.07. The maximum absolute atomic E-state index is 6.36. The second-order valence-corrected chi connectivity index (χ2v) is 7.31. The van der Waals surface area contributed by atoms with Crippen molar-refractivity contribution in [1.82, 2.24) is 15.0 Å². The zero-order valence-electron chi connectivity index (χ0n) is 18.3. The maximum Gasteiger partial charge on any atom is 0.160 e. The van der Waals surface area contributed by atoms with Gasteiger partial charge >= 0.3 is 0 Å². The van der Waals surface area contributed by atoms with E-state index in [2.05, 4.69) is 25.6 Å². The maximum atomic E-state index is 6.36. The third kappa shape index (κ3) is 4.49. The molecule has 4 aromatic rings. The van der Waals surface area contributed by atoms with Crippen LogP contribution in [0.1, 0.15) is 11.3 Å². The second kappa shape index (κ2) is 9.38. The van der Waals surface area contributed by atoms with Gasteiger partial charge in [0.1, 0.15) is 12.0 Å². The summed E-state index contributed by atoms with van der Waals surface area (Å²) in [5.41, 5.74) is 10.6. The fourth-order valence-electron chi connectivity index (χ4n) is 3.47. The Bertz CT molecular complexity index is 1240. The molecule has 32 heavy (non-hydrogen) atoms. The van der Waals surface area contributed by atoms with Gasteiger partial charge < -0.3 is 25.8 Å². The minimum absolute atomic E-state index is 0.449. The molecule has 4 N–H and O–H groups in total. The predicted octanol–water partition coefficient (Wildman–Crippen LogP) is 4.33. The number of rotatable bonds is 8. The highest BCUT2D eigenvalue weighted by Crippen LogP contribution is 2.30. The lowest BCUT2D eigenvalue weighted by atomic mass is 10.1. The molecular weight excluding hydrogens is 404 g/mol. The third-order valence-corrected chi connectivity index (χ3v) is 5.15. The van der Waals surface area contributed by atoms with Crippen LogP contribution in [0.3, 0.4) is 0 Å². The monoisotopic (exact) mass is 430 g/mol. The van der Waals surface area contributed by atoms with Crippen molar-refractivity contribution in [3.63, 3.8) is 0 Å². The third-order valence-electron chi connectivity index (χ3n) is 5.15. The van der Waals surface area contributed by atoms with Gasteiger partial charge in [-0.25, -0.2) is 9.97 Å². The van der Waals surface area contributed by atoms with Crippen molar-refractivity contribution in [1.29, 1.82) is 0 Å². The molecule has 0 saturated heterocycles. The number of aromatic nitrogens is 3. The van der Waals surface area contributed by atoms with Crippen molar-refractivity contribution < 1.29 is 9.47 Å². The van der Waals surface area contributed by atoms with Gasteiger partial charge in [-0.3, -0.25) is 4.98 Å². The van der Waals surface area contributed by atoms with Crippen LogP contribution in [0.2, 0.25) is 0 Å². The highest BCUT2D eigenvalue weighted by Gasteiger charge is 2.11. The van der Waals surface area contributed by atoms with E-state index in [4.69, 9.17) is 15.2 Å². The molecule has 0 amide bonds. The lowest BCUT2D eigenvalue weighted by molar-refractivity contribution is 0.354. The second-order valence-electron chi connectivity index (χ2n) is 7.31. The normalized spacial score (nSPS) is 10.7. The van der Waals surface area contributed by atoms with Crippen molar-refractivity contribution >= 4 is 33.9 Å². The number of nitrogens with two attached hydrogens (primary N) is 1. The summed E-state index contributed by atoms with van der Waals surface area (Å²) in [7, 11) is 3.25. The van der Waals surface area contributed by atoms with Crippen molar-refractivity contribution in [3.8, 4) is 11.5 Å². The molecule has 2 aromatic carbocycles. The van der Waals surface area contributed by atoms with Crippen LogP contribution in [0.5, 0.6) is 11.5 Å². The number of nitrogens with one attached hydrogen (secondary N) is 2. The fraction of sp³-hybridized carbons (Fsp3) is 0.208. The first-order valence-electron chi connectivity index (χ1n) is 10.3. The van der Waals surface area contributed by atoms with Gasteiger partial charge in [-0.1, -0.05) is 24.3 Å². The lowest BCUT2D eigenvalue weighted by Crippen LogP contribution is -2.11. The Kier molecular flexibility index (Phi) is 6.21. The Morgan fingerprint density at radius 1 is 0.938 bits per heavy atom. The summed E-state index contributed by atoms with van der Waals surface area (Å²) >= 11 is 0. The number of anilines is 4. The van der Waals surface area contributed by atoms with E-state index in [0.717, 1.165) is 34.3 Å². The number of ether oxygens (including phenoxy) is 2. The Balaban J connectivity index is 1.48. The van der Waals surface area contributed by atoms with Crippen LogP contribution >= 0.6 is 0 Å². The number of pyridine rings is 1. The van der Waals surface area contributed by atoms with Gasteiger partial charge in [-0.2, -0.15) is 0 Å². The first kappa shape index (κ1) is 21.2. The van der Waals surface area contributed by atoms with Crippen molar-refractivity contribution in [3.05, 3.63) is 66.1 Å².